The maximum atomic E-state index is 12.6. The number of ether oxygens (including phenoxy) is 1. The van der Waals surface area contributed by atoms with Crippen LogP contribution in [0.5, 0.6) is 11.5 Å². The van der Waals surface area contributed by atoms with Gasteiger partial charge in [0.1, 0.15) is 11.5 Å². The van der Waals surface area contributed by atoms with Gasteiger partial charge in [0.15, 0.2) is 0 Å². The fraction of sp³-hybridized carbons (Fsp3) is 0.240. The number of nitrogens with two attached hydrogens (primary N) is 1. The summed E-state index contributed by atoms with van der Waals surface area (Å²) in [5.74, 6) is 0.624. The Labute approximate surface area is 192 Å². The smallest absolute Gasteiger partial charge is 0.249 e. The first-order valence-corrected chi connectivity index (χ1v) is 10.9. The zero-order valence-corrected chi connectivity index (χ0v) is 18.5. The van der Waals surface area contributed by atoms with Gasteiger partial charge in [-0.25, -0.2) is 0 Å². The van der Waals surface area contributed by atoms with Crippen LogP contribution in [-0.2, 0) is 17.8 Å². The molecule has 0 spiro atoms. The molecule has 164 valence electrons. The summed E-state index contributed by atoms with van der Waals surface area (Å²) in [4.78, 5) is 30.9. The summed E-state index contributed by atoms with van der Waals surface area (Å²) in [5.41, 5.74) is 8.66. The molecule has 2 heterocycles. The van der Waals surface area contributed by atoms with Crippen LogP contribution in [0.2, 0.25) is 5.02 Å². The minimum atomic E-state index is -0.542. The summed E-state index contributed by atoms with van der Waals surface area (Å²) in [7, 11) is 0. The van der Waals surface area contributed by atoms with Crippen molar-refractivity contribution in [3.8, 4) is 11.5 Å². The number of hydrogen-bond donors (Lipinski definition) is 1. The van der Waals surface area contributed by atoms with E-state index in [1.54, 1.807) is 29.3 Å². The minimum Gasteiger partial charge on any atom is -0.457 e. The van der Waals surface area contributed by atoms with Crippen LogP contribution in [0.1, 0.15) is 46.4 Å². The maximum Gasteiger partial charge on any atom is 0.249 e. The third-order valence-electron chi connectivity index (χ3n) is 5.67. The molecule has 1 unspecified atom stereocenters. The van der Waals surface area contributed by atoms with Crippen molar-refractivity contribution in [1.29, 1.82) is 0 Å². The van der Waals surface area contributed by atoms with Gasteiger partial charge in [0.25, 0.3) is 0 Å². The topological polar surface area (TPSA) is 85.5 Å². The van der Waals surface area contributed by atoms with E-state index in [0.717, 1.165) is 29.0 Å². The number of hydrogen-bond acceptors (Lipinski definition) is 4. The molecule has 2 aromatic carbocycles. The predicted octanol–water partition coefficient (Wildman–Crippen LogP) is 4.70. The molecule has 1 aliphatic rings. The number of nitrogens with zero attached hydrogens (tertiary/aromatic N) is 2. The highest BCUT2D eigenvalue weighted by atomic mass is 35.5. The van der Waals surface area contributed by atoms with E-state index in [-0.39, 0.29) is 11.8 Å². The molecule has 3 aromatic rings. The van der Waals surface area contributed by atoms with Crippen molar-refractivity contribution in [1.82, 2.24) is 9.88 Å². The van der Waals surface area contributed by atoms with Gasteiger partial charge in [-0.15, -0.1) is 0 Å². The molecule has 0 saturated carbocycles. The summed E-state index contributed by atoms with van der Waals surface area (Å²) in [6.07, 6.45) is 2.71. The van der Waals surface area contributed by atoms with Crippen LogP contribution < -0.4 is 10.5 Å². The average molecular weight is 450 g/mol. The van der Waals surface area contributed by atoms with Crippen LogP contribution in [0.3, 0.4) is 0 Å². The number of carbonyl (C=O) groups excluding carboxylic acids is 2. The van der Waals surface area contributed by atoms with Gasteiger partial charge in [-0.3, -0.25) is 14.6 Å². The Bertz CT molecular complexity index is 1150. The van der Waals surface area contributed by atoms with Crippen molar-refractivity contribution in [2.24, 2.45) is 5.73 Å². The number of pyridine rings is 1. The summed E-state index contributed by atoms with van der Waals surface area (Å²) in [5, 5.41) is 0.550. The Morgan fingerprint density at radius 3 is 2.75 bits per heavy atom. The van der Waals surface area contributed by atoms with Gasteiger partial charge in [-0.1, -0.05) is 42.8 Å². The minimum absolute atomic E-state index is 0.0133. The van der Waals surface area contributed by atoms with Gasteiger partial charge < -0.3 is 15.4 Å². The Hall–Kier alpha value is -3.38. The molecule has 6 nitrogen and oxygen atoms in total. The molecule has 2 amide bonds. The first-order valence-electron chi connectivity index (χ1n) is 10.5. The molecular formula is C25H24ClN3O3. The normalized spacial score (nSPS) is 15.8. The SMILES string of the molecule is CCc1ccccc1Oc1ccc(C2CC(=O)N(Cc3ccc(Cl)cn3)C2)c(C(N)=O)c1. The van der Waals surface area contributed by atoms with Gasteiger partial charge in [-0.2, -0.15) is 0 Å². The van der Waals surface area contributed by atoms with E-state index >= 15 is 0 Å². The standard InChI is InChI=1S/C25H24ClN3O3/c1-2-16-5-3-4-6-23(16)32-20-9-10-21(22(12-20)25(27)31)17-11-24(30)29(14-17)15-19-8-7-18(26)13-28-19/h3-10,12-13,17H,2,11,14-15H2,1H3,(H2,27,31). The van der Waals surface area contributed by atoms with Crippen LogP contribution in [0, 0.1) is 0 Å². The van der Waals surface area contributed by atoms with Crippen LogP contribution >= 0.6 is 11.6 Å². The van der Waals surface area contributed by atoms with E-state index in [1.165, 1.54) is 0 Å². The zero-order chi connectivity index (χ0) is 22.7. The molecule has 1 aromatic heterocycles. The second-order valence-corrected chi connectivity index (χ2v) is 8.26. The van der Waals surface area contributed by atoms with E-state index < -0.39 is 5.91 Å². The monoisotopic (exact) mass is 449 g/mol. The van der Waals surface area contributed by atoms with Crippen molar-refractivity contribution in [3.05, 3.63) is 88.2 Å². The van der Waals surface area contributed by atoms with Gasteiger partial charge in [-0.05, 0) is 47.9 Å². The number of aromatic nitrogens is 1. The van der Waals surface area contributed by atoms with E-state index in [2.05, 4.69) is 11.9 Å². The molecule has 0 radical (unpaired) electrons. The Morgan fingerprint density at radius 2 is 2.03 bits per heavy atom. The number of carbonyl (C=O) groups is 2. The summed E-state index contributed by atoms with van der Waals surface area (Å²) in [6.45, 7) is 2.94. The number of primary amides is 1. The quantitative estimate of drug-likeness (QED) is 0.566. The Morgan fingerprint density at radius 1 is 1.22 bits per heavy atom. The third-order valence-corrected chi connectivity index (χ3v) is 5.89. The number of benzene rings is 2. The molecule has 1 aliphatic heterocycles. The van der Waals surface area contributed by atoms with Crippen molar-refractivity contribution in [3.63, 3.8) is 0 Å². The molecule has 2 N–H and O–H groups in total. The molecule has 0 aliphatic carbocycles. The molecular weight excluding hydrogens is 426 g/mol. The fourth-order valence-corrected chi connectivity index (χ4v) is 4.13. The van der Waals surface area contributed by atoms with Crippen molar-refractivity contribution < 1.29 is 14.3 Å². The van der Waals surface area contributed by atoms with Crippen LogP contribution in [0.4, 0.5) is 0 Å². The third kappa shape index (κ3) is 4.75. The molecule has 4 rings (SSSR count). The van der Waals surface area contributed by atoms with E-state index in [0.29, 0.717) is 35.8 Å². The summed E-state index contributed by atoms with van der Waals surface area (Å²) >= 11 is 5.89. The van der Waals surface area contributed by atoms with E-state index in [9.17, 15) is 9.59 Å². The highest BCUT2D eigenvalue weighted by molar-refractivity contribution is 6.30. The van der Waals surface area contributed by atoms with Crippen molar-refractivity contribution in [2.45, 2.75) is 32.2 Å². The molecule has 0 bridgehead atoms. The zero-order valence-electron chi connectivity index (χ0n) is 17.8. The molecule has 32 heavy (non-hydrogen) atoms. The Balaban J connectivity index is 1.55. The fourth-order valence-electron chi connectivity index (χ4n) is 4.02. The summed E-state index contributed by atoms with van der Waals surface area (Å²) < 4.78 is 6.04. The molecule has 1 saturated heterocycles. The lowest BCUT2D eigenvalue weighted by molar-refractivity contribution is -0.128. The van der Waals surface area contributed by atoms with Crippen LogP contribution in [0.15, 0.2) is 60.8 Å². The lowest BCUT2D eigenvalue weighted by Crippen LogP contribution is -2.25. The van der Waals surface area contributed by atoms with Crippen molar-refractivity contribution >= 4 is 23.4 Å². The number of likely N-dealkylation sites (tertiary alicyclic amines) is 1. The van der Waals surface area contributed by atoms with Gasteiger partial charge >= 0.3 is 0 Å². The van der Waals surface area contributed by atoms with Crippen LogP contribution in [-0.4, -0.2) is 28.2 Å². The second-order valence-electron chi connectivity index (χ2n) is 7.82. The number of aryl methyl sites for hydroxylation is 1. The maximum absolute atomic E-state index is 12.6. The lowest BCUT2D eigenvalue weighted by atomic mass is 9.92. The van der Waals surface area contributed by atoms with Gasteiger partial charge in [0.05, 0.1) is 17.3 Å². The largest absolute Gasteiger partial charge is 0.457 e. The number of halogens is 1. The number of rotatable bonds is 7. The first-order chi connectivity index (χ1) is 15.4. The lowest BCUT2D eigenvalue weighted by Gasteiger charge is -2.18. The molecule has 1 fully saturated rings. The highest BCUT2D eigenvalue weighted by Crippen LogP contribution is 2.34. The van der Waals surface area contributed by atoms with Crippen molar-refractivity contribution in [2.75, 3.05) is 6.54 Å². The number of para-hydroxylation sites is 1. The number of amides is 2. The molecule has 7 heteroatoms. The van der Waals surface area contributed by atoms with E-state index in [4.69, 9.17) is 22.1 Å². The summed E-state index contributed by atoms with van der Waals surface area (Å²) in [6, 6.07) is 16.7. The highest BCUT2D eigenvalue weighted by Gasteiger charge is 2.33. The Kier molecular flexibility index (Phi) is 6.42. The van der Waals surface area contributed by atoms with Crippen LogP contribution in [0.25, 0.3) is 0 Å². The van der Waals surface area contributed by atoms with E-state index in [1.807, 2.05) is 36.4 Å². The first kappa shape index (κ1) is 21.8. The molecule has 1 atom stereocenters. The van der Waals surface area contributed by atoms with Gasteiger partial charge in [0, 0.05) is 30.6 Å². The van der Waals surface area contributed by atoms with Gasteiger partial charge in [0.2, 0.25) is 11.8 Å². The predicted molar refractivity (Wildman–Crippen MR) is 123 cm³/mol. The second kappa shape index (κ2) is 9.40. The average Bonchev–Trinajstić information content (AvgIpc) is 3.15.